The Morgan fingerprint density at radius 1 is 1.00 bits per heavy atom. The Kier molecular flexibility index (Phi) is 7.84. The first-order valence-corrected chi connectivity index (χ1v) is 12.9. The molecule has 0 saturated heterocycles. The molecule has 0 bridgehead atoms. The third-order valence-electron chi connectivity index (χ3n) is 6.70. The molecule has 4 rings (SSSR count). The molecule has 1 aliphatic carbocycles. The third-order valence-corrected chi connectivity index (χ3v) is 7.14. The molecule has 0 atom stereocenters. The third kappa shape index (κ3) is 5.48. The maximum absolute atomic E-state index is 13.8. The number of rotatable bonds is 9. The van der Waals surface area contributed by atoms with Gasteiger partial charge in [0.15, 0.2) is 0 Å². The lowest BCUT2D eigenvalue weighted by atomic mass is 9.66. The molecule has 5 heteroatoms. The van der Waals surface area contributed by atoms with Crippen molar-refractivity contribution in [1.29, 1.82) is 0 Å². The lowest BCUT2D eigenvalue weighted by Crippen LogP contribution is -2.39. The minimum absolute atomic E-state index is 0.274. The molecular weight excluding hydrogens is 428 g/mol. The van der Waals surface area contributed by atoms with Gasteiger partial charge in [-0.1, -0.05) is 73.7 Å². The zero-order chi connectivity index (χ0) is 23.1. The summed E-state index contributed by atoms with van der Waals surface area (Å²) in [4.78, 5) is 18.6. The van der Waals surface area contributed by atoms with Crippen molar-refractivity contribution in [1.82, 2.24) is 9.71 Å². The van der Waals surface area contributed by atoms with Crippen molar-refractivity contribution in [3.8, 4) is 17.0 Å². The van der Waals surface area contributed by atoms with E-state index in [0.29, 0.717) is 6.42 Å². The summed E-state index contributed by atoms with van der Waals surface area (Å²) in [6, 6.07) is 22.5. The van der Waals surface area contributed by atoms with E-state index in [1.807, 2.05) is 36.6 Å². The molecule has 33 heavy (non-hydrogen) atoms. The first-order chi connectivity index (χ1) is 16.1. The summed E-state index contributed by atoms with van der Waals surface area (Å²) in [5.41, 5.74) is 4.74. The SMILES string of the molecule is COc1ccc(C2(C(=O)Cc3cccc(-c4ccc(CNSC)cc4)n3)CCCCC2)cc1. The van der Waals surface area contributed by atoms with Gasteiger partial charge in [-0.3, -0.25) is 14.5 Å². The minimum atomic E-state index is -0.422. The van der Waals surface area contributed by atoms with Crippen molar-refractivity contribution in [3.05, 3.63) is 83.6 Å². The number of ketones is 1. The number of benzene rings is 2. The van der Waals surface area contributed by atoms with Gasteiger partial charge >= 0.3 is 0 Å². The van der Waals surface area contributed by atoms with E-state index in [4.69, 9.17) is 9.72 Å². The summed E-state index contributed by atoms with van der Waals surface area (Å²) in [5.74, 6) is 1.09. The highest BCUT2D eigenvalue weighted by atomic mass is 32.2. The Morgan fingerprint density at radius 3 is 2.39 bits per heavy atom. The molecule has 1 heterocycles. The average molecular weight is 461 g/mol. The molecule has 0 spiro atoms. The Hall–Kier alpha value is -2.63. The number of Topliss-reactive ketones (excluding diaryl/α,β-unsaturated/α-hetero) is 1. The van der Waals surface area contributed by atoms with Crippen LogP contribution in [0.3, 0.4) is 0 Å². The van der Waals surface area contributed by atoms with Crippen LogP contribution in [0.5, 0.6) is 5.75 Å². The van der Waals surface area contributed by atoms with Crippen LogP contribution in [0, 0.1) is 0 Å². The smallest absolute Gasteiger partial charge is 0.149 e. The van der Waals surface area contributed by atoms with Crippen molar-refractivity contribution < 1.29 is 9.53 Å². The maximum Gasteiger partial charge on any atom is 0.149 e. The molecule has 2 aromatic carbocycles. The van der Waals surface area contributed by atoms with Crippen LogP contribution in [0.15, 0.2) is 66.7 Å². The molecule has 1 fully saturated rings. The zero-order valence-electron chi connectivity index (χ0n) is 19.5. The van der Waals surface area contributed by atoms with Crippen LogP contribution in [0.2, 0.25) is 0 Å². The highest BCUT2D eigenvalue weighted by Gasteiger charge is 2.40. The van der Waals surface area contributed by atoms with Crippen molar-refractivity contribution in [2.24, 2.45) is 0 Å². The molecule has 0 unspecified atom stereocenters. The van der Waals surface area contributed by atoms with Gasteiger partial charge in [-0.05, 0) is 54.5 Å². The number of carbonyl (C=O) groups excluding carboxylic acids is 1. The predicted molar refractivity (Wildman–Crippen MR) is 136 cm³/mol. The molecule has 172 valence electrons. The average Bonchev–Trinajstić information content (AvgIpc) is 2.88. The number of nitrogens with zero attached hydrogens (tertiary/aromatic N) is 1. The summed E-state index contributed by atoms with van der Waals surface area (Å²) in [6.07, 6.45) is 7.56. The van der Waals surface area contributed by atoms with E-state index >= 15 is 0 Å². The van der Waals surface area contributed by atoms with E-state index in [2.05, 4.69) is 41.1 Å². The lowest BCUT2D eigenvalue weighted by molar-refractivity contribution is -0.125. The first-order valence-electron chi connectivity index (χ1n) is 11.6. The topological polar surface area (TPSA) is 51.2 Å². The van der Waals surface area contributed by atoms with Gasteiger partial charge in [0.25, 0.3) is 0 Å². The molecule has 1 aliphatic rings. The quantitative estimate of drug-likeness (QED) is 0.389. The maximum atomic E-state index is 13.8. The van der Waals surface area contributed by atoms with Crippen LogP contribution < -0.4 is 9.46 Å². The zero-order valence-corrected chi connectivity index (χ0v) is 20.3. The highest BCUT2D eigenvalue weighted by molar-refractivity contribution is 7.96. The van der Waals surface area contributed by atoms with Crippen molar-refractivity contribution in [2.45, 2.75) is 50.5 Å². The number of ether oxygens (including phenoxy) is 1. The van der Waals surface area contributed by atoms with Crippen LogP contribution >= 0.6 is 11.9 Å². The number of hydrogen-bond donors (Lipinski definition) is 1. The molecule has 0 amide bonds. The number of methoxy groups -OCH3 is 1. The Bertz CT molecular complexity index is 1060. The molecule has 1 aromatic heterocycles. The van der Waals surface area contributed by atoms with Crippen molar-refractivity contribution in [2.75, 3.05) is 13.4 Å². The summed E-state index contributed by atoms with van der Waals surface area (Å²) in [6.45, 7) is 0.830. The second-order valence-electron chi connectivity index (χ2n) is 8.71. The Labute approximate surface area is 201 Å². The number of hydrogen-bond acceptors (Lipinski definition) is 5. The van der Waals surface area contributed by atoms with Gasteiger partial charge in [0.1, 0.15) is 11.5 Å². The second kappa shape index (κ2) is 11.0. The van der Waals surface area contributed by atoms with Gasteiger partial charge < -0.3 is 4.74 Å². The highest BCUT2D eigenvalue weighted by Crippen LogP contribution is 2.41. The fraction of sp³-hybridized carbons (Fsp3) is 0.357. The molecule has 1 N–H and O–H groups in total. The first kappa shape index (κ1) is 23.5. The van der Waals surface area contributed by atoms with E-state index < -0.39 is 5.41 Å². The monoisotopic (exact) mass is 460 g/mol. The van der Waals surface area contributed by atoms with Crippen LogP contribution in [0.1, 0.15) is 48.9 Å². The molecular formula is C28H32N2O2S. The molecule has 3 aromatic rings. The largest absolute Gasteiger partial charge is 0.497 e. The molecule has 0 aliphatic heterocycles. The van der Waals surface area contributed by atoms with Gasteiger partial charge in [0.2, 0.25) is 0 Å². The number of aromatic nitrogens is 1. The Balaban J connectivity index is 1.55. The van der Waals surface area contributed by atoms with Gasteiger partial charge in [0, 0.05) is 24.2 Å². The fourth-order valence-electron chi connectivity index (χ4n) is 4.82. The fourth-order valence-corrected chi connectivity index (χ4v) is 5.13. The van der Waals surface area contributed by atoms with Crippen LogP contribution in [-0.4, -0.2) is 24.1 Å². The van der Waals surface area contributed by atoms with E-state index in [9.17, 15) is 4.79 Å². The van der Waals surface area contributed by atoms with Gasteiger partial charge in [0.05, 0.1) is 18.2 Å². The van der Waals surface area contributed by atoms with Crippen molar-refractivity contribution in [3.63, 3.8) is 0 Å². The summed E-state index contributed by atoms with van der Waals surface area (Å²) in [7, 11) is 1.67. The predicted octanol–water partition coefficient (Wildman–Crippen LogP) is 6.14. The van der Waals surface area contributed by atoms with Crippen LogP contribution in [0.4, 0.5) is 0 Å². The number of carbonyl (C=O) groups is 1. The summed E-state index contributed by atoms with van der Waals surface area (Å²) in [5, 5.41) is 0. The molecule has 1 saturated carbocycles. The molecule has 0 radical (unpaired) electrons. The summed E-state index contributed by atoms with van der Waals surface area (Å²) < 4.78 is 8.59. The Morgan fingerprint density at radius 2 is 1.73 bits per heavy atom. The van der Waals surface area contributed by atoms with Gasteiger partial charge in [-0.2, -0.15) is 0 Å². The number of pyridine rings is 1. The lowest BCUT2D eigenvalue weighted by Gasteiger charge is -2.36. The van der Waals surface area contributed by atoms with Gasteiger partial charge in [-0.25, -0.2) is 0 Å². The standard InChI is InChI=1S/C28H32N2O2S/c1-32-25-15-13-23(14-16-25)28(17-4-3-5-18-28)27(31)19-24-7-6-8-26(30-24)22-11-9-21(10-12-22)20-29-33-2/h6-16,29H,3-5,17-20H2,1-2H3. The second-order valence-corrected chi connectivity index (χ2v) is 9.40. The van der Waals surface area contributed by atoms with E-state index in [-0.39, 0.29) is 5.78 Å². The van der Waals surface area contributed by atoms with E-state index in [0.717, 1.165) is 60.5 Å². The van der Waals surface area contributed by atoms with Crippen LogP contribution in [0.25, 0.3) is 11.3 Å². The molecule has 4 nitrogen and oxygen atoms in total. The van der Waals surface area contributed by atoms with E-state index in [1.54, 1.807) is 19.1 Å². The van der Waals surface area contributed by atoms with Gasteiger partial charge in [-0.15, -0.1) is 0 Å². The minimum Gasteiger partial charge on any atom is -0.497 e. The van der Waals surface area contributed by atoms with Crippen LogP contribution in [-0.2, 0) is 23.2 Å². The summed E-state index contributed by atoms with van der Waals surface area (Å²) >= 11 is 1.62. The normalized spacial score (nSPS) is 15.2. The van der Waals surface area contributed by atoms with E-state index in [1.165, 1.54) is 12.0 Å². The van der Waals surface area contributed by atoms with Crippen molar-refractivity contribution >= 4 is 17.7 Å². The number of nitrogens with one attached hydrogen (secondary N) is 1.